The minimum Gasteiger partial charge on any atom is -0.489 e. The van der Waals surface area contributed by atoms with Crippen LogP contribution in [0.25, 0.3) is 0 Å². The summed E-state index contributed by atoms with van der Waals surface area (Å²) in [6.07, 6.45) is 8.31. The van der Waals surface area contributed by atoms with Crippen molar-refractivity contribution in [2.24, 2.45) is 0 Å². The van der Waals surface area contributed by atoms with Gasteiger partial charge >= 0.3 is 6.03 Å². The second-order valence-corrected chi connectivity index (χ2v) is 8.08. The Morgan fingerprint density at radius 1 is 1.15 bits per heavy atom. The summed E-state index contributed by atoms with van der Waals surface area (Å²) in [5.74, 6) is 0.179. The molecular weight excluding hydrogens is 368 g/mol. The highest BCUT2D eigenvalue weighted by Gasteiger charge is 2.41. The number of anilines is 1. The molecule has 1 saturated heterocycles. The number of hydrogen-bond donors (Lipinski definition) is 2. The zero-order chi connectivity index (χ0) is 18.7. The van der Waals surface area contributed by atoms with Crippen molar-refractivity contribution < 1.29 is 19.0 Å². The normalized spacial score (nSPS) is 24.9. The fraction of sp³-hybridized carbons (Fsp3) is 0.650. The predicted molar refractivity (Wildman–Crippen MR) is 103 cm³/mol. The van der Waals surface area contributed by atoms with Crippen LogP contribution in [-0.2, 0) is 9.47 Å². The molecule has 0 bridgehead atoms. The van der Waals surface area contributed by atoms with Crippen LogP contribution in [0.1, 0.15) is 51.4 Å². The zero-order valence-electron chi connectivity index (χ0n) is 15.5. The molecule has 2 aliphatic carbocycles. The molecule has 0 unspecified atom stereocenters. The number of urea groups is 1. The molecule has 27 heavy (non-hydrogen) atoms. The van der Waals surface area contributed by atoms with Gasteiger partial charge in [0.15, 0.2) is 5.79 Å². The Balaban J connectivity index is 1.30. The van der Waals surface area contributed by atoms with E-state index in [0.717, 1.165) is 32.1 Å². The second kappa shape index (κ2) is 8.25. The molecule has 1 aromatic rings. The lowest BCUT2D eigenvalue weighted by Crippen LogP contribution is -2.47. The molecule has 0 aromatic heterocycles. The van der Waals surface area contributed by atoms with Crippen LogP contribution in [0.3, 0.4) is 0 Å². The standard InChI is InChI=1S/C20H27ClN2O4/c21-17-12-14(7-8-18(17)27-16-5-1-2-6-16)22-19(24)23-15-4-3-9-20(13-15)25-10-11-26-20/h7-8,12,15-16H,1-6,9-11,13H2,(H2,22,23,24)/t15-/m1/s1. The second-order valence-electron chi connectivity index (χ2n) is 7.67. The summed E-state index contributed by atoms with van der Waals surface area (Å²) in [6.45, 7) is 1.26. The Morgan fingerprint density at radius 3 is 2.67 bits per heavy atom. The molecule has 6 nitrogen and oxygen atoms in total. The number of carbonyl (C=O) groups is 1. The lowest BCUT2D eigenvalue weighted by atomic mass is 9.90. The number of hydrogen-bond acceptors (Lipinski definition) is 4. The fourth-order valence-electron chi connectivity index (χ4n) is 4.29. The fourth-order valence-corrected chi connectivity index (χ4v) is 4.52. The minimum absolute atomic E-state index is 0.0392. The number of nitrogens with one attached hydrogen (secondary N) is 2. The molecule has 148 valence electrons. The third-order valence-corrected chi connectivity index (χ3v) is 5.90. The van der Waals surface area contributed by atoms with Gasteiger partial charge in [0.1, 0.15) is 5.75 Å². The monoisotopic (exact) mass is 394 g/mol. The third kappa shape index (κ3) is 4.68. The largest absolute Gasteiger partial charge is 0.489 e. The first-order valence-electron chi connectivity index (χ1n) is 9.94. The van der Waals surface area contributed by atoms with Crippen LogP contribution in [0.5, 0.6) is 5.75 Å². The van der Waals surface area contributed by atoms with E-state index in [0.29, 0.717) is 36.1 Å². The first-order chi connectivity index (χ1) is 13.1. The minimum atomic E-state index is -0.501. The number of rotatable bonds is 4. The molecule has 1 atom stereocenters. The van der Waals surface area contributed by atoms with Gasteiger partial charge in [-0.3, -0.25) is 0 Å². The Bertz CT molecular complexity index is 672. The molecule has 3 aliphatic rings. The molecule has 2 amide bonds. The summed E-state index contributed by atoms with van der Waals surface area (Å²) >= 11 is 6.34. The summed E-state index contributed by atoms with van der Waals surface area (Å²) in [4.78, 5) is 12.4. The van der Waals surface area contributed by atoms with Gasteiger partial charge in [-0.15, -0.1) is 0 Å². The van der Waals surface area contributed by atoms with Crippen molar-refractivity contribution in [2.75, 3.05) is 18.5 Å². The van der Waals surface area contributed by atoms with E-state index in [-0.39, 0.29) is 18.2 Å². The smallest absolute Gasteiger partial charge is 0.319 e. The van der Waals surface area contributed by atoms with Crippen LogP contribution in [0, 0.1) is 0 Å². The molecule has 0 radical (unpaired) electrons. The van der Waals surface area contributed by atoms with Crippen molar-refractivity contribution in [3.8, 4) is 5.75 Å². The summed E-state index contributed by atoms with van der Waals surface area (Å²) in [6, 6.07) is 5.18. The summed E-state index contributed by atoms with van der Waals surface area (Å²) in [7, 11) is 0. The van der Waals surface area contributed by atoms with Crippen molar-refractivity contribution >= 4 is 23.3 Å². The molecule has 1 spiro atoms. The lowest BCUT2D eigenvalue weighted by Gasteiger charge is -2.36. The number of amides is 2. The summed E-state index contributed by atoms with van der Waals surface area (Å²) in [5.41, 5.74) is 0.648. The van der Waals surface area contributed by atoms with Gasteiger partial charge in [-0.2, -0.15) is 0 Å². The number of halogens is 1. The molecule has 1 aromatic carbocycles. The van der Waals surface area contributed by atoms with E-state index in [2.05, 4.69) is 10.6 Å². The van der Waals surface area contributed by atoms with Crippen molar-refractivity contribution in [1.29, 1.82) is 0 Å². The van der Waals surface area contributed by atoms with Crippen molar-refractivity contribution in [1.82, 2.24) is 5.32 Å². The van der Waals surface area contributed by atoms with Gasteiger partial charge in [0.2, 0.25) is 0 Å². The van der Waals surface area contributed by atoms with Crippen LogP contribution < -0.4 is 15.4 Å². The van der Waals surface area contributed by atoms with Crippen LogP contribution in [-0.4, -0.2) is 37.2 Å². The van der Waals surface area contributed by atoms with Crippen LogP contribution in [0.4, 0.5) is 10.5 Å². The number of benzene rings is 1. The predicted octanol–water partition coefficient (Wildman–Crippen LogP) is 4.47. The van der Waals surface area contributed by atoms with Crippen molar-refractivity contribution in [3.63, 3.8) is 0 Å². The Morgan fingerprint density at radius 2 is 1.93 bits per heavy atom. The molecule has 3 fully saturated rings. The SMILES string of the molecule is O=C(Nc1ccc(OC2CCCC2)c(Cl)c1)N[C@@H]1CCCC2(C1)OCCO2. The van der Waals surface area contributed by atoms with E-state index in [1.807, 2.05) is 12.1 Å². The van der Waals surface area contributed by atoms with Crippen LogP contribution in [0.15, 0.2) is 18.2 Å². The average Bonchev–Trinajstić information content (AvgIpc) is 3.30. The van der Waals surface area contributed by atoms with Crippen molar-refractivity contribution in [3.05, 3.63) is 23.2 Å². The summed E-state index contributed by atoms with van der Waals surface area (Å²) in [5, 5.41) is 6.40. The van der Waals surface area contributed by atoms with E-state index in [1.54, 1.807) is 6.07 Å². The van der Waals surface area contributed by atoms with Crippen LogP contribution in [0.2, 0.25) is 5.02 Å². The molecule has 1 aliphatic heterocycles. The van der Waals surface area contributed by atoms with E-state index in [9.17, 15) is 4.79 Å². The topological polar surface area (TPSA) is 68.8 Å². The Hall–Kier alpha value is -1.50. The van der Waals surface area contributed by atoms with E-state index in [1.165, 1.54) is 12.8 Å². The van der Waals surface area contributed by atoms with Gasteiger partial charge in [0, 0.05) is 24.6 Å². The van der Waals surface area contributed by atoms with Gasteiger partial charge in [0.25, 0.3) is 0 Å². The lowest BCUT2D eigenvalue weighted by molar-refractivity contribution is -0.180. The maximum absolute atomic E-state index is 12.4. The maximum atomic E-state index is 12.4. The highest BCUT2D eigenvalue weighted by molar-refractivity contribution is 6.32. The zero-order valence-corrected chi connectivity index (χ0v) is 16.2. The highest BCUT2D eigenvalue weighted by atomic mass is 35.5. The molecular formula is C20H27ClN2O4. The van der Waals surface area contributed by atoms with E-state index < -0.39 is 5.79 Å². The Kier molecular flexibility index (Phi) is 5.76. The first-order valence-corrected chi connectivity index (χ1v) is 10.3. The van der Waals surface area contributed by atoms with Gasteiger partial charge in [-0.05, 0) is 56.7 Å². The average molecular weight is 395 g/mol. The molecule has 7 heteroatoms. The third-order valence-electron chi connectivity index (χ3n) is 5.60. The molecule has 4 rings (SSSR count). The quantitative estimate of drug-likeness (QED) is 0.790. The molecule has 1 heterocycles. The van der Waals surface area contributed by atoms with E-state index >= 15 is 0 Å². The Labute approximate surface area is 164 Å². The van der Waals surface area contributed by atoms with Crippen LogP contribution >= 0.6 is 11.6 Å². The molecule has 2 saturated carbocycles. The highest BCUT2D eigenvalue weighted by Crippen LogP contribution is 2.36. The number of ether oxygens (including phenoxy) is 3. The van der Waals surface area contributed by atoms with Gasteiger partial charge in [-0.1, -0.05) is 11.6 Å². The maximum Gasteiger partial charge on any atom is 0.319 e. The van der Waals surface area contributed by atoms with Gasteiger partial charge < -0.3 is 24.8 Å². The van der Waals surface area contributed by atoms with Gasteiger partial charge in [-0.25, -0.2) is 4.79 Å². The summed E-state index contributed by atoms with van der Waals surface area (Å²) < 4.78 is 17.5. The van der Waals surface area contributed by atoms with Gasteiger partial charge in [0.05, 0.1) is 24.3 Å². The molecule has 2 N–H and O–H groups in total. The number of carbonyl (C=O) groups excluding carboxylic acids is 1. The van der Waals surface area contributed by atoms with Crippen molar-refractivity contribution in [2.45, 2.75) is 69.3 Å². The first kappa shape index (κ1) is 18.8. The van der Waals surface area contributed by atoms with E-state index in [4.69, 9.17) is 25.8 Å².